The fourth-order valence-electron chi connectivity index (χ4n) is 1.64. The standard InChI is InChI=1S/C13H5F4N3O/c14-11-2-10(8(6-21)1-7(11)3-18)9-4-19-12(20-5-9)13(15,16)17/h1-2,4-6H. The third-order valence-corrected chi connectivity index (χ3v) is 2.60. The van der Waals surface area contributed by atoms with E-state index in [1.165, 1.54) is 0 Å². The molecule has 4 nitrogen and oxygen atoms in total. The summed E-state index contributed by atoms with van der Waals surface area (Å²) < 4.78 is 50.6. The van der Waals surface area contributed by atoms with Crippen LogP contribution in [0.5, 0.6) is 0 Å². The predicted octanol–water partition coefficient (Wildman–Crippen LogP) is 2.99. The fraction of sp³-hybridized carbons (Fsp3) is 0.0769. The Bertz CT molecular complexity index is 733. The Morgan fingerprint density at radius 3 is 2.29 bits per heavy atom. The van der Waals surface area contributed by atoms with Crippen molar-refractivity contribution in [2.45, 2.75) is 6.18 Å². The number of alkyl halides is 3. The minimum atomic E-state index is -4.69. The second kappa shape index (κ2) is 5.28. The lowest BCUT2D eigenvalue weighted by molar-refractivity contribution is -0.144. The van der Waals surface area contributed by atoms with Crippen LogP contribution in [0.25, 0.3) is 11.1 Å². The first-order valence-electron chi connectivity index (χ1n) is 5.45. The van der Waals surface area contributed by atoms with Crippen LogP contribution in [0.1, 0.15) is 21.7 Å². The molecular weight excluding hydrogens is 290 g/mol. The van der Waals surface area contributed by atoms with Crippen LogP contribution in [-0.4, -0.2) is 16.3 Å². The van der Waals surface area contributed by atoms with Gasteiger partial charge in [-0.25, -0.2) is 14.4 Å². The maximum Gasteiger partial charge on any atom is 0.451 e. The second-order valence-electron chi connectivity index (χ2n) is 3.94. The molecule has 0 spiro atoms. The summed E-state index contributed by atoms with van der Waals surface area (Å²) >= 11 is 0. The van der Waals surface area contributed by atoms with Crippen molar-refractivity contribution in [2.75, 3.05) is 0 Å². The lowest BCUT2D eigenvalue weighted by Crippen LogP contribution is -2.10. The Morgan fingerprint density at radius 2 is 1.81 bits per heavy atom. The van der Waals surface area contributed by atoms with Crippen molar-refractivity contribution in [1.29, 1.82) is 5.26 Å². The van der Waals surface area contributed by atoms with Gasteiger partial charge < -0.3 is 0 Å². The van der Waals surface area contributed by atoms with Gasteiger partial charge in [-0.2, -0.15) is 18.4 Å². The average molecular weight is 295 g/mol. The molecular formula is C13H5F4N3O. The highest BCUT2D eigenvalue weighted by atomic mass is 19.4. The van der Waals surface area contributed by atoms with Crippen LogP contribution in [0.2, 0.25) is 0 Å². The predicted molar refractivity (Wildman–Crippen MR) is 62.5 cm³/mol. The SMILES string of the molecule is N#Cc1cc(C=O)c(-c2cnc(C(F)(F)F)nc2)cc1F. The molecule has 0 saturated heterocycles. The highest BCUT2D eigenvalue weighted by molar-refractivity contribution is 5.88. The minimum absolute atomic E-state index is 0.00947. The van der Waals surface area contributed by atoms with E-state index in [0.717, 1.165) is 24.5 Å². The van der Waals surface area contributed by atoms with E-state index in [1.807, 2.05) is 0 Å². The molecule has 0 N–H and O–H groups in total. The number of aldehydes is 1. The van der Waals surface area contributed by atoms with E-state index < -0.39 is 17.8 Å². The molecule has 1 heterocycles. The van der Waals surface area contributed by atoms with Crippen LogP contribution in [0, 0.1) is 17.1 Å². The Morgan fingerprint density at radius 1 is 1.19 bits per heavy atom. The summed E-state index contributed by atoms with van der Waals surface area (Å²) in [7, 11) is 0. The smallest absolute Gasteiger partial charge is 0.298 e. The van der Waals surface area contributed by atoms with Crippen molar-refractivity contribution < 1.29 is 22.4 Å². The van der Waals surface area contributed by atoms with Gasteiger partial charge in [-0.3, -0.25) is 4.79 Å². The van der Waals surface area contributed by atoms with Crippen molar-refractivity contribution in [1.82, 2.24) is 9.97 Å². The first-order chi connectivity index (χ1) is 9.86. The minimum Gasteiger partial charge on any atom is -0.298 e. The van der Waals surface area contributed by atoms with Gasteiger partial charge in [0.1, 0.15) is 11.9 Å². The fourth-order valence-corrected chi connectivity index (χ4v) is 1.64. The van der Waals surface area contributed by atoms with Crippen LogP contribution in [-0.2, 0) is 6.18 Å². The molecule has 8 heteroatoms. The summed E-state index contributed by atoms with van der Waals surface area (Å²) in [4.78, 5) is 17.2. The molecule has 0 fully saturated rings. The molecule has 0 atom stereocenters. The van der Waals surface area contributed by atoms with Gasteiger partial charge >= 0.3 is 6.18 Å². The highest BCUT2D eigenvalue weighted by Gasteiger charge is 2.34. The third-order valence-electron chi connectivity index (χ3n) is 2.60. The van der Waals surface area contributed by atoms with Gasteiger partial charge in [-0.15, -0.1) is 0 Å². The molecule has 1 aromatic heterocycles. The summed E-state index contributed by atoms with van der Waals surface area (Å²) in [5.74, 6) is -2.23. The monoisotopic (exact) mass is 295 g/mol. The average Bonchev–Trinajstić information content (AvgIpc) is 2.46. The van der Waals surface area contributed by atoms with Crippen molar-refractivity contribution in [2.24, 2.45) is 0 Å². The zero-order chi connectivity index (χ0) is 15.6. The maximum atomic E-state index is 13.6. The zero-order valence-electron chi connectivity index (χ0n) is 10.1. The van der Waals surface area contributed by atoms with Gasteiger partial charge in [0.25, 0.3) is 0 Å². The molecule has 0 unspecified atom stereocenters. The van der Waals surface area contributed by atoms with Crippen molar-refractivity contribution >= 4 is 6.29 Å². The van der Waals surface area contributed by atoms with Crippen LogP contribution in [0.4, 0.5) is 17.6 Å². The molecule has 0 bridgehead atoms. The molecule has 0 aliphatic rings. The summed E-state index contributed by atoms with van der Waals surface area (Å²) in [5, 5.41) is 8.67. The van der Waals surface area contributed by atoms with Crippen molar-refractivity contribution in [3.63, 3.8) is 0 Å². The summed E-state index contributed by atoms with van der Waals surface area (Å²) in [6.45, 7) is 0. The Balaban J connectivity index is 2.54. The van der Waals surface area contributed by atoms with Gasteiger partial charge in [0.05, 0.1) is 5.56 Å². The lowest BCUT2D eigenvalue weighted by atomic mass is 10.00. The van der Waals surface area contributed by atoms with Crippen molar-refractivity contribution in [3.05, 3.63) is 47.3 Å². The molecule has 0 aliphatic heterocycles. The highest BCUT2D eigenvalue weighted by Crippen LogP contribution is 2.28. The number of carbonyl (C=O) groups is 1. The van der Waals surface area contributed by atoms with E-state index in [0.29, 0.717) is 6.29 Å². The van der Waals surface area contributed by atoms with Crippen LogP contribution in [0.3, 0.4) is 0 Å². The van der Waals surface area contributed by atoms with Crippen molar-refractivity contribution in [3.8, 4) is 17.2 Å². The Labute approximate surface area is 115 Å². The summed E-state index contributed by atoms with van der Waals surface area (Å²) in [6, 6.07) is 3.46. The number of hydrogen-bond acceptors (Lipinski definition) is 4. The number of hydrogen-bond donors (Lipinski definition) is 0. The van der Waals surface area contributed by atoms with Crippen LogP contribution >= 0.6 is 0 Å². The van der Waals surface area contributed by atoms with Crippen LogP contribution < -0.4 is 0 Å². The van der Waals surface area contributed by atoms with Gasteiger partial charge in [-0.05, 0) is 17.7 Å². The Kier molecular flexibility index (Phi) is 3.67. The van der Waals surface area contributed by atoms with Gasteiger partial charge in [0, 0.05) is 23.5 Å². The van der Waals surface area contributed by atoms with Gasteiger partial charge in [0.15, 0.2) is 6.29 Å². The summed E-state index contributed by atoms with van der Waals surface area (Å²) in [6.07, 6.45) is -2.65. The zero-order valence-corrected chi connectivity index (χ0v) is 10.1. The normalized spacial score (nSPS) is 11.0. The molecule has 2 aromatic rings. The number of carbonyl (C=O) groups excluding carboxylic acids is 1. The number of rotatable bonds is 2. The summed E-state index contributed by atoms with van der Waals surface area (Å²) in [5.41, 5.74) is -0.339. The molecule has 2 rings (SSSR count). The molecule has 1 aromatic carbocycles. The topological polar surface area (TPSA) is 66.6 Å². The van der Waals surface area contributed by atoms with Crippen LogP contribution in [0.15, 0.2) is 24.5 Å². The molecule has 0 amide bonds. The first-order valence-corrected chi connectivity index (χ1v) is 5.45. The Hall–Kier alpha value is -2.82. The molecule has 0 aliphatic carbocycles. The number of nitrogens with zero attached hydrogens (tertiary/aromatic N) is 3. The van der Waals surface area contributed by atoms with Gasteiger partial charge in [0.2, 0.25) is 5.82 Å². The van der Waals surface area contributed by atoms with E-state index in [9.17, 15) is 22.4 Å². The number of benzene rings is 1. The van der Waals surface area contributed by atoms with E-state index in [2.05, 4.69) is 9.97 Å². The molecule has 21 heavy (non-hydrogen) atoms. The van der Waals surface area contributed by atoms with E-state index >= 15 is 0 Å². The maximum absolute atomic E-state index is 13.6. The largest absolute Gasteiger partial charge is 0.451 e. The lowest BCUT2D eigenvalue weighted by Gasteiger charge is -2.08. The molecule has 0 radical (unpaired) electrons. The van der Waals surface area contributed by atoms with E-state index in [1.54, 1.807) is 6.07 Å². The quantitative estimate of drug-likeness (QED) is 0.631. The molecule has 106 valence electrons. The van der Waals surface area contributed by atoms with E-state index in [4.69, 9.17) is 5.26 Å². The molecule has 0 saturated carbocycles. The van der Waals surface area contributed by atoms with Gasteiger partial charge in [-0.1, -0.05) is 0 Å². The van der Waals surface area contributed by atoms with E-state index in [-0.39, 0.29) is 22.3 Å². The number of halogens is 4. The third kappa shape index (κ3) is 2.86. The number of aromatic nitrogens is 2. The first kappa shape index (κ1) is 14.6. The number of nitriles is 1. The second-order valence-corrected chi connectivity index (χ2v) is 3.94.